The molecule has 2 amide bonds. The number of furan rings is 1. The molecule has 0 spiro atoms. The van der Waals surface area contributed by atoms with Crippen LogP contribution in [0.25, 0.3) is 0 Å². The monoisotopic (exact) mass is 349 g/mol. The average molecular weight is 349 g/mol. The number of rotatable bonds is 6. The molecular formula is C20H19N3O3. The van der Waals surface area contributed by atoms with Crippen LogP contribution in [-0.4, -0.2) is 22.9 Å². The first-order valence-corrected chi connectivity index (χ1v) is 8.31. The van der Waals surface area contributed by atoms with Gasteiger partial charge in [-0.2, -0.15) is 4.99 Å². The Balaban J connectivity index is 1.62. The fourth-order valence-corrected chi connectivity index (χ4v) is 2.44. The van der Waals surface area contributed by atoms with Crippen molar-refractivity contribution in [3.05, 3.63) is 89.9 Å². The second kappa shape index (κ2) is 8.62. The molecule has 6 nitrogen and oxygen atoms in total. The average Bonchev–Trinajstić information content (AvgIpc) is 3.19. The topological polar surface area (TPSA) is 76.6 Å². The molecule has 0 saturated carbocycles. The van der Waals surface area contributed by atoms with Crippen LogP contribution in [0.3, 0.4) is 0 Å². The van der Waals surface area contributed by atoms with Crippen molar-refractivity contribution in [2.45, 2.75) is 13.0 Å². The van der Waals surface area contributed by atoms with Gasteiger partial charge in [-0.15, -0.1) is 0 Å². The van der Waals surface area contributed by atoms with E-state index >= 15 is 0 Å². The Labute approximate surface area is 150 Å². The predicted molar refractivity (Wildman–Crippen MR) is 96.2 cm³/mol. The van der Waals surface area contributed by atoms with Crippen LogP contribution in [0.1, 0.15) is 22.5 Å². The van der Waals surface area contributed by atoms with Gasteiger partial charge in [0, 0.05) is 25.7 Å². The van der Waals surface area contributed by atoms with Crippen LogP contribution in [0.5, 0.6) is 0 Å². The minimum absolute atomic E-state index is 0.118. The predicted octanol–water partition coefficient (Wildman–Crippen LogP) is 2.38. The standard InChI is InChI=1S/C20H19N3O3/c24-19(11-12-21-20(25)17-9-6-14-26-17)22-18-10-4-5-13-23(18)15-16-7-2-1-3-8-16/h1-10,13-14H,11-12,15H2,(H,21,25). The van der Waals surface area contributed by atoms with Crippen LogP contribution in [0, 0.1) is 0 Å². The molecule has 3 rings (SSSR count). The second-order valence-corrected chi connectivity index (χ2v) is 5.66. The summed E-state index contributed by atoms with van der Waals surface area (Å²) in [7, 11) is 0. The highest BCUT2D eigenvalue weighted by atomic mass is 16.3. The first kappa shape index (κ1) is 17.4. The van der Waals surface area contributed by atoms with Gasteiger partial charge in [0.2, 0.25) is 5.91 Å². The smallest absolute Gasteiger partial charge is 0.286 e. The van der Waals surface area contributed by atoms with E-state index in [1.54, 1.807) is 18.2 Å². The number of nitrogens with one attached hydrogen (secondary N) is 1. The van der Waals surface area contributed by atoms with Gasteiger partial charge in [0.25, 0.3) is 5.91 Å². The molecule has 2 heterocycles. The number of nitrogens with zero attached hydrogens (tertiary/aromatic N) is 2. The van der Waals surface area contributed by atoms with Crippen molar-refractivity contribution in [3.63, 3.8) is 0 Å². The number of aromatic nitrogens is 1. The van der Waals surface area contributed by atoms with Gasteiger partial charge in [-0.25, -0.2) is 0 Å². The first-order chi connectivity index (χ1) is 12.7. The summed E-state index contributed by atoms with van der Waals surface area (Å²) in [6.07, 6.45) is 3.43. The quantitative estimate of drug-likeness (QED) is 0.742. The zero-order valence-corrected chi connectivity index (χ0v) is 14.2. The summed E-state index contributed by atoms with van der Waals surface area (Å²) in [4.78, 5) is 28.0. The lowest BCUT2D eigenvalue weighted by Crippen LogP contribution is -2.26. The molecule has 2 aromatic heterocycles. The maximum Gasteiger partial charge on any atom is 0.286 e. The number of carbonyl (C=O) groups is 2. The minimum Gasteiger partial charge on any atom is -0.459 e. The van der Waals surface area contributed by atoms with E-state index in [4.69, 9.17) is 4.42 Å². The van der Waals surface area contributed by atoms with E-state index in [9.17, 15) is 9.59 Å². The largest absolute Gasteiger partial charge is 0.459 e. The Kier molecular flexibility index (Phi) is 5.77. The summed E-state index contributed by atoms with van der Waals surface area (Å²) in [6.45, 7) is 0.830. The van der Waals surface area contributed by atoms with Gasteiger partial charge in [-0.1, -0.05) is 36.4 Å². The van der Waals surface area contributed by atoms with Gasteiger partial charge < -0.3 is 14.3 Å². The molecule has 0 aliphatic heterocycles. The molecule has 0 aliphatic carbocycles. The lowest BCUT2D eigenvalue weighted by molar-refractivity contribution is -0.118. The molecule has 0 aliphatic rings. The van der Waals surface area contributed by atoms with Crippen molar-refractivity contribution >= 4 is 11.8 Å². The van der Waals surface area contributed by atoms with Gasteiger partial charge in [0.05, 0.1) is 6.26 Å². The van der Waals surface area contributed by atoms with Crippen LogP contribution < -0.4 is 10.8 Å². The fraction of sp³-hybridized carbons (Fsp3) is 0.150. The fourth-order valence-electron chi connectivity index (χ4n) is 2.44. The van der Waals surface area contributed by atoms with Crippen molar-refractivity contribution in [1.29, 1.82) is 0 Å². The Hall–Kier alpha value is -3.41. The van der Waals surface area contributed by atoms with Crippen LogP contribution >= 0.6 is 0 Å². The number of hydrogen-bond acceptors (Lipinski definition) is 3. The van der Waals surface area contributed by atoms with Gasteiger partial charge in [-0.05, 0) is 29.8 Å². The highest BCUT2D eigenvalue weighted by molar-refractivity contribution is 5.91. The third-order valence-corrected chi connectivity index (χ3v) is 3.72. The Morgan fingerprint density at radius 1 is 1.00 bits per heavy atom. The van der Waals surface area contributed by atoms with E-state index in [0.717, 1.165) is 5.56 Å². The van der Waals surface area contributed by atoms with E-state index in [1.807, 2.05) is 53.2 Å². The maximum atomic E-state index is 12.1. The number of amides is 2. The van der Waals surface area contributed by atoms with Crippen molar-refractivity contribution < 1.29 is 14.0 Å². The van der Waals surface area contributed by atoms with Crippen LogP contribution in [-0.2, 0) is 11.3 Å². The van der Waals surface area contributed by atoms with Gasteiger partial charge in [-0.3, -0.25) is 9.59 Å². The molecule has 0 atom stereocenters. The van der Waals surface area contributed by atoms with Crippen LogP contribution in [0.2, 0.25) is 0 Å². The molecular weight excluding hydrogens is 330 g/mol. The molecule has 0 bridgehead atoms. The SMILES string of the molecule is O=C(CCNC(=O)c1ccco1)N=c1ccccn1Cc1ccccc1. The Morgan fingerprint density at radius 3 is 2.58 bits per heavy atom. The lowest BCUT2D eigenvalue weighted by atomic mass is 10.2. The molecule has 1 N–H and O–H groups in total. The normalized spacial score (nSPS) is 11.3. The van der Waals surface area contributed by atoms with Crippen molar-refractivity contribution in [3.8, 4) is 0 Å². The van der Waals surface area contributed by atoms with Crippen LogP contribution in [0.4, 0.5) is 0 Å². The zero-order chi connectivity index (χ0) is 18.2. The number of benzene rings is 1. The summed E-state index contributed by atoms with van der Waals surface area (Å²) in [6, 6.07) is 18.7. The highest BCUT2D eigenvalue weighted by Crippen LogP contribution is 2.01. The van der Waals surface area contributed by atoms with Gasteiger partial charge >= 0.3 is 0 Å². The van der Waals surface area contributed by atoms with Crippen molar-refractivity contribution in [2.24, 2.45) is 4.99 Å². The summed E-state index contributed by atoms with van der Waals surface area (Å²) < 4.78 is 6.91. The van der Waals surface area contributed by atoms with Gasteiger partial charge in [0.15, 0.2) is 5.76 Å². The molecule has 3 aromatic rings. The summed E-state index contributed by atoms with van der Waals surface area (Å²) in [5.74, 6) is -0.419. The molecule has 26 heavy (non-hydrogen) atoms. The maximum absolute atomic E-state index is 12.1. The Morgan fingerprint density at radius 2 is 1.81 bits per heavy atom. The molecule has 132 valence electrons. The number of carbonyl (C=O) groups excluding carboxylic acids is 2. The minimum atomic E-state index is -0.346. The van der Waals surface area contributed by atoms with E-state index < -0.39 is 0 Å². The number of hydrogen-bond donors (Lipinski definition) is 1. The molecule has 0 unspecified atom stereocenters. The molecule has 6 heteroatoms. The molecule has 0 radical (unpaired) electrons. The third kappa shape index (κ3) is 4.80. The molecule has 0 saturated heterocycles. The Bertz CT molecular complexity index is 928. The van der Waals surface area contributed by atoms with Crippen LogP contribution in [0.15, 0.2) is 82.5 Å². The zero-order valence-electron chi connectivity index (χ0n) is 14.2. The van der Waals surface area contributed by atoms with E-state index in [2.05, 4.69) is 10.3 Å². The van der Waals surface area contributed by atoms with Crippen molar-refractivity contribution in [1.82, 2.24) is 9.88 Å². The van der Waals surface area contributed by atoms with E-state index in [1.165, 1.54) is 6.26 Å². The molecule has 1 aromatic carbocycles. The van der Waals surface area contributed by atoms with Gasteiger partial charge in [0.1, 0.15) is 5.49 Å². The summed E-state index contributed by atoms with van der Waals surface area (Å²) in [5, 5.41) is 2.64. The summed E-state index contributed by atoms with van der Waals surface area (Å²) in [5.41, 5.74) is 1.71. The van der Waals surface area contributed by atoms with E-state index in [-0.39, 0.29) is 30.5 Å². The first-order valence-electron chi connectivity index (χ1n) is 8.31. The number of pyridine rings is 1. The summed E-state index contributed by atoms with van der Waals surface area (Å²) >= 11 is 0. The second-order valence-electron chi connectivity index (χ2n) is 5.66. The van der Waals surface area contributed by atoms with E-state index in [0.29, 0.717) is 12.0 Å². The third-order valence-electron chi connectivity index (χ3n) is 3.72. The lowest BCUT2D eigenvalue weighted by Gasteiger charge is -2.07. The van der Waals surface area contributed by atoms with Crippen molar-refractivity contribution in [2.75, 3.05) is 6.54 Å². The highest BCUT2D eigenvalue weighted by Gasteiger charge is 2.08. The molecule has 0 fully saturated rings.